The SMILES string of the molecule is N=Nc1cnccc1Nc1ccc(F)cc1. The minimum Gasteiger partial charge on any atom is -0.354 e. The molecular weight excluding hydrogens is 207 g/mol. The number of hydrogen-bond donors (Lipinski definition) is 2. The molecule has 0 atom stereocenters. The van der Waals surface area contributed by atoms with Gasteiger partial charge in [-0.1, -0.05) is 0 Å². The van der Waals surface area contributed by atoms with Gasteiger partial charge in [0.05, 0.1) is 11.9 Å². The molecule has 2 N–H and O–H groups in total. The van der Waals surface area contributed by atoms with Gasteiger partial charge in [-0.25, -0.2) is 9.92 Å². The van der Waals surface area contributed by atoms with E-state index in [2.05, 4.69) is 15.4 Å². The van der Waals surface area contributed by atoms with Crippen molar-refractivity contribution >= 4 is 17.1 Å². The number of nitrogens with one attached hydrogen (secondary N) is 2. The molecule has 0 aliphatic carbocycles. The summed E-state index contributed by atoms with van der Waals surface area (Å²) in [5.74, 6) is -0.286. The normalized spacial score (nSPS) is 9.81. The highest BCUT2D eigenvalue weighted by molar-refractivity contribution is 5.70. The number of aromatic nitrogens is 1. The molecule has 0 saturated carbocycles. The fraction of sp³-hybridized carbons (Fsp3) is 0. The molecule has 0 unspecified atom stereocenters. The van der Waals surface area contributed by atoms with Crippen LogP contribution in [-0.2, 0) is 0 Å². The van der Waals surface area contributed by atoms with Crippen molar-refractivity contribution in [3.05, 3.63) is 48.5 Å². The molecule has 1 aromatic heterocycles. The molecule has 0 aliphatic rings. The van der Waals surface area contributed by atoms with Gasteiger partial charge in [0.1, 0.15) is 11.5 Å². The van der Waals surface area contributed by atoms with Crippen molar-refractivity contribution < 1.29 is 4.39 Å². The third-order valence-electron chi connectivity index (χ3n) is 2.04. The van der Waals surface area contributed by atoms with Crippen LogP contribution >= 0.6 is 0 Å². The molecule has 2 rings (SSSR count). The Morgan fingerprint density at radius 1 is 1.19 bits per heavy atom. The lowest BCUT2D eigenvalue weighted by Crippen LogP contribution is -1.91. The molecule has 0 aliphatic heterocycles. The van der Waals surface area contributed by atoms with Crippen LogP contribution in [0.5, 0.6) is 0 Å². The summed E-state index contributed by atoms with van der Waals surface area (Å²) in [6, 6.07) is 7.66. The highest BCUT2D eigenvalue weighted by Crippen LogP contribution is 2.26. The molecule has 80 valence electrons. The average molecular weight is 216 g/mol. The number of pyridine rings is 1. The Hall–Kier alpha value is -2.30. The molecule has 4 nitrogen and oxygen atoms in total. The van der Waals surface area contributed by atoms with Gasteiger partial charge in [0, 0.05) is 11.9 Å². The van der Waals surface area contributed by atoms with Gasteiger partial charge in [0.15, 0.2) is 0 Å². The fourth-order valence-electron chi connectivity index (χ4n) is 1.27. The van der Waals surface area contributed by atoms with Crippen LogP contribution < -0.4 is 5.32 Å². The summed E-state index contributed by atoms with van der Waals surface area (Å²) in [4.78, 5) is 3.86. The van der Waals surface area contributed by atoms with Crippen molar-refractivity contribution in [2.75, 3.05) is 5.32 Å². The first kappa shape index (κ1) is 10.2. The number of anilines is 2. The van der Waals surface area contributed by atoms with Crippen molar-refractivity contribution in [3.63, 3.8) is 0 Å². The van der Waals surface area contributed by atoms with Gasteiger partial charge in [-0.3, -0.25) is 4.98 Å². The van der Waals surface area contributed by atoms with E-state index in [0.717, 1.165) is 5.69 Å². The van der Waals surface area contributed by atoms with Crippen molar-refractivity contribution in [3.8, 4) is 0 Å². The standard InChI is InChI=1S/C11H9FN4/c12-8-1-3-9(4-2-8)15-10-5-6-14-7-11(10)16-13/h1-7,13H,(H,14,15). The van der Waals surface area contributed by atoms with Crippen LogP contribution in [0.3, 0.4) is 0 Å². The third kappa shape index (κ3) is 2.20. The van der Waals surface area contributed by atoms with Gasteiger partial charge in [-0.15, -0.1) is 0 Å². The van der Waals surface area contributed by atoms with E-state index in [-0.39, 0.29) is 5.82 Å². The van der Waals surface area contributed by atoms with Gasteiger partial charge in [0.2, 0.25) is 0 Å². The maximum absolute atomic E-state index is 12.7. The molecule has 5 heteroatoms. The zero-order valence-corrected chi connectivity index (χ0v) is 8.31. The van der Waals surface area contributed by atoms with Crippen LogP contribution in [-0.4, -0.2) is 4.98 Å². The Morgan fingerprint density at radius 3 is 2.62 bits per heavy atom. The van der Waals surface area contributed by atoms with E-state index >= 15 is 0 Å². The van der Waals surface area contributed by atoms with E-state index in [1.165, 1.54) is 18.3 Å². The summed E-state index contributed by atoms with van der Waals surface area (Å²) in [6.07, 6.45) is 3.08. The Morgan fingerprint density at radius 2 is 1.94 bits per heavy atom. The number of nitrogens with zero attached hydrogens (tertiary/aromatic N) is 2. The van der Waals surface area contributed by atoms with E-state index in [4.69, 9.17) is 5.53 Å². The maximum atomic E-state index is 12.7. The van der Waals surface area contributed by atoms with E-state index in [1.807, 2.05) is 0 Å². The van der Waals surface area contributed by atoms with Crippen molar-refractivity contribution in [2.45, 2.75) is 0 Å². The second kappa shape index (κ2) is 4.48. The highest BCUT2D eigenvalue weighted by Gasteiger charge is 2.01. The van der Waals surface area contributed by atoms with Crippen LogP contribution in [0.2, 0.25) is 0 Å². The van der Waals surface area contributed by atoms with Crippen molar-refractivity contribution in [1.29, 1.82) is 5.53 Å². The summed E-state index contributed by atoms with van der Waals surface area (Å²) in [5.41, 5.74) is 8.80. The Labute approximate surface area is 91.7 Å². The van der Waals surface area contributed by atoms with E-state index in [1.54, 1.807) is 24.4 Å². The average Bonchev–Trinajstić information content (AvgIpc) is 2.33. The lowest BCUT2D eigenvalue weighted by atomic mass is 10.3. The largest absolute Gasteiger partial charge is 0.354 e. The first-order chi connectivity index (χ1) is 7.79. The summed E-state index contributed by atoms with van der Waals surface area (Å²) in [7, 11) is 0. The Bertz CT molecular complexity index is 496. The molecule has 1 aromatic carbocycles. The lowest BCUT2D eigenvalue weighted by Gasteiger charge is -2.07. The van der Waals surface area contributed by atoms with Crippen LogP contribution in [0.25, 0.3) is 0 Å². The van der Waals surface area contributed by atoms with Crippen LogP contribution in [0.4, 0.5) is 21.5 Å². The summed E-state index contributed by atoms with van der Waals surface area (Å²) < 4.78 is 12.7. The molecule has 16 heavy (non-hydrogen) atoms. The van der Waals surface area contributed by atoms with Crippen LogP contribution in [0.15, 0.2) is 47.8 Å². The molecule has 0 radical (unpaired) electrons. The monoisotopic (exact) mass is 216 g/mol. The predicted molar refractivity (Wildman–Crippen MR) is 58.7 cm³/mol. The zero-order valence-electron chi connectivity index (χ0n) is 8.31. The van der Waals surface area contributed by atoms with Gasteiger partial charge >= 0.3 is 0 Å². The summed E-state index contributed by atoms with van der Waals surface area (Å²) >= 11 is 0. The van der Waals surface area contributed by atoms with Gasteiger partial charge in [-0.05, 0) is 30.3 Å². The van der Waals surface area contributed by atoms with Crippen molar-refractivity contribution in [2.24, 2.45) is 5.11 Å². The summed E-state index contributed by atoms with van der Waals surface area (Å²) in [5, 5.41) is 6.37. The Kier molecular flexibility index (Phi) is 2.86. The molecule has 0 spiro atoms. The smallest absolute Gasteiger partial charge is 0.127 e. The second-order valence-electron chi connectivity index (χ2n) is 3.14. The zero-order chi connectivity index (χ0) is 11.4. The van der Waals surface area contributed by atoms with Gasteiger partial charge < -0.3 is 5.32 Å². The quantitative estimate of drug-likeness (QED) is 0.769. The minimum absolute atomic E-state index is 0.286. The molecule has 2 aromatic rings. The van der Waals surface area contributed by atoms with E-state index in [9.17, 15) is 4.39 Å². The topological polar surface area (TPSA) is 61.1 Å². The minimum atomic E-state index is -0.286. The van der Waals surface area contributed by atoms with E-state index in [0.29, 0.717) is 11.4 Å². The second-order valence-corrected chi connectivity index (χ2v) is 3.14. The number of halogens is 1. The third-order valence-corrected chi connectivity index (χ3v) is 2.04. The predicted octanol–water partition coefficient (Wildman–Crippen LogP) is 3.63. The fourth-order valence-corrected chi connectivity index (χ4v) is 1.27. The van der Waals surface area contributed by atoms with Gasteiger partial charge in [0.25, 0.3) is 0 Å². The molecule has 0 bridgehead atoms. The first-order valence-corrected chi connectivity index (χ1v) is 4.63. The maximum Gasteiger partial charge on any atom is 0.127 e. The molecule has 1 heterocycles. The molecule has 0 amide bonds. The highest BCUT2D eigenvalue weighted by atomic mass is 19.1. The van der Waals surface area contributed by atoms with Crippen LogP contribution in [0.1, 0.15) is 0 Å². The summed E-state index contributed by atoms with van der Waals surface area (Å²) in [6.45, 7) is 0. The Balaban J connectivity index is 2.26. The van der Waals surface area contributed by atoms with Gasteiger partial charge in [-0.2, -0.15) is 5.11 Å². The number of benzene rings is 1. The van der Waals surface area contributed by atoms with Crippen LogP contribution in [0, 0.1) is 11.3 Å². The number of hydrogen-bond acceptors (Lipinski definition) is 4. The molecule has 0 fully saturated rings. The first-order valence-electron chi connectivity index (χ1n) is 4.63. The number of rotatable bonds is 3. The molecule has 0 saturated heterocycles. The molecular formula is C11H9FN4. The van der Waals surface area contributed by atoms with E-state index < -0.39 is 0 Å². The van der Waals surface area contributed by atoms with Crippen molar-refractivity contribution in [1.82, 2.24) is 4.98 Å². The lowest BCUT2D eigenvalue weighted by molar-refractivity contribution is 0.628.